The summed E-state index contributed by atoms with van der Waals surface area (Å²) < 4.78 is 5.97. The predicted octanol–water partition coefficient (Wildman–Crippen LogP) is 4.27. The molecule has 1 aliphatic heterocycles. The Labute approximate surface area is 170 Å². The van der Waals surface area contributed by atoms with Gasteiger partial charge in [-0.15, -0.1) is 10.2 Å². The molecule has 4 aromatic rings. The number of fused-ring (bicyclic) bond motifs is 2. The van der Waals surface area contributed by atoms with Gasteiger partial charge in [-0.3, -0.25) is 14.5 Å². The molecule has 0 saturated carbocycles. The third-order valence-corrected chi connectivity index (χ3v) is 6.02. The number of amides is 1. The quantitative estimate of drug-likeness (QED) is 0.511. The van der Waals surface area contributed by atoms with Crippen LogP contribution in [0.3, 0.4) is 0 Å². The molecule has 0 bridgehead atoms. The Kier molecular flexibility index (Phi) is 4.06. The van der Waals surface area contributed by atoms with Crippen molar-refractivity contribution in [3.05, 3.63) is 86.2 Å². The largest absolute Gasteiger partial charge is 0.450 e. The summed E-state index contributed by atoms with van der Waals surface area (Å²) in [6.07, 6.45) is 0.809. The molecule has 0 fully saturated rings. The number of benzene rings is 2. The number of anilines is 1. The first-order chi connectivity index (χ1) is 14.1. The number of aryl methyl sites for hydroxylation is 2. The molecule has 3 heterocycles. The standard InChI is InChI=1S/C22H17N3O3S/c1-3-13-9-10-16-15(11-13)19(26)17-18(14-7-5-4-6-8-14)25(21(27)20(17)28-16)22-24-23-12(2)29-22/h4-11,18H,3H2,1-2H3. The van der Waals surface area contributed by atoms with Crippen LogP contribution in [0.15, 0.2) is 57.7 Å². The Bertz CT molecular complexity index is 1310. The summed E-state index contributed by atoms with van der Waals surface area (Å²) in [5, 5.41) is 9.90. The minimum Gasteiger partial charge on any atom is -0.450 e. The molecule has 0 aliphatic carbocycles. The van der Waals surface area contributed by atoms with E-state index in [0.29, 0.717) is 21.7 Å². The molecular formula is C22H17N3O3S. The van der Waals surface area contributed by atoms with Gasteiger partial charge in [-0.05, 0) is 36.6 Å². The van der Waals surface area contributed by atoms with Gasteiger partial charge in [-0.2, -0.15) is 0 Å². The van der Waals surface area contributed by atoms with Gasteiger partial charge < -0.3 is 4.42 Å². The lowest BCUT2D eigenvalue weighted by atomic mass is 9.98. The summed E-state index contributed by atoms with van der Waals surface area (Å²) in [6, 6.07) is 14.4. The molecule has 1 aliphatic rings. The van der Waals surface area contributed by atoms with E-state index in [1.165, 1.54) is 16.2 Å². The monoisotopic (exact) mass is 403 g/mol. The minimum atomic E-state index is -0.600. The maximum Gasteiger partial charge on any atom is 0.297 e. The fourth-order valence-electron chi connectivity index (χ4n) is 3.77. The summed E-state index contributed by atoms with van der Waals surface area (Å²) in [5.41, 5.74) is 2.46. The van der Waals surface area contributed by atoms with Crippen molar-refractivity contribution in [3.63, 3.8) is 0 Å². The van der Waals surface area contributed by atoms with E-state index < -0.39 is 6.04 Å². The molecule has 0 N–H and O–H groups in total. The van der Waals surface area contributed by atoms with Crippen LogP contribution < -0.4 is 10.3 Å². The number of carbonyl (C=O) groups excluding carboxylic acids is 1. The highest BCUT2D eigenvalue weighted by atomic mass is 32.1. The lowest BCUT2D eigenvalue weighted by molar-refractivity contribution is 0.0970. The summed E-state index contributed by atoms with van der Waals surface area (Å²) in [4.78, 5) is 28.4. The van der Waals surface area contributed by atoms with Crippen molar-refractivity contribution in [1.29, 1.82) is 0 Å². The van der Waals surface area contributed by atoms with E-state index >= 15 is 0 Å². The first kappa shape index (κ1) is 17.8. The first-order valence-electron chi connectivity index (χ1n) is 9.36. The van der Waals surface area contributed by atoms with E-state index in [-0.39, 0.29) is 17.1 Å². The molecule has 0 radical (unpaired) electrons. The topological polar surface area (TPSA) is 76.3 Å². The zero-order valence-corrected chi connectivity index (χ0v) is 16.7. The number of nitrogens with zero attached hydrogens (tertiary/aromatic N) is 3. The van der Waals surface area contributed by atoms with Crippen LogP contribution in [-0.4, -0.2) is 16.1 Å². The maximum absolute atomic E-state index is 13.5. The van der Waals surface area contributed by atoms with Crippen LogP contribution in [0.1, 0.15) is 45.2 Å². The summed E-state index contributed by atoms with van der Waals surface area (Å²) in [6.45, 7) is 3.86. The van der Waals surface area contributed by atoms with E-state index in [1.807, 2.05) is 56.3 Å². The van der Waals surface area contributed by atoms with Crippen LogP contribution in [0, 0.1) is 6.92 Å². The second-order valence-electron chi connectivity index (χ2n) is 6.95. The molecule has 29 heavy (non-hydrogen) atoms. The Balaban J connectivity index is 1.82. The molecule has 6 nitrogen and oxygen atoms in total. The van der Waals surface area contributed by atoms with Crippen molar-refractivity contribution >= 4 is 33.3 Å². The highest BCUT2D eigenvalue weighted by Gasteiger charge is 2.45. The fraction of sp³-hybridized carbons (Fsp3) is 0.182. The number of hydrogen-bond donors (Lipinski definition) is 0. The van der Waals surface area contributed by atoms with Crippen molar-refractivity contribution < 1.29 is 9.21 Å². The van der Waals surface area contributed by atoms with E-state index in [1.54, 1.807) is 6.07 Å². The SMILES string of the molecule is CCc1ccc2oc3c(c(=O)c2c1)C(c1ccccc1)N(c1nnc(C)s1)C3=O. The summed E-state index contributed by atoms with van der Waals surface area (Å²) in [7, 11) is 0. The Hall–Kier alpha value is -3.32. The Morgan fingerprint density at radius 2 is 1.90 bits per heavy atom. The van der Waals surface area contributed by atoms with E-state index in [4.69, 9.17) is 4.42 Å². The minimum absolute atomic E-state index is 0.0773. The molecule has 0 saturated heterocycles. The van der Waals surface area contributed by atoms with Gasteiger partial charge in [0.25, 0.3) is 5.91 Å². The van der Waals surface area contributed by atoms with Crippen LogP contribution >= 0.6 is 11.3 Å². The number of hydrogen-bond acceptors (Lipinski definition) is 6. The van der Waals surface area contributed by atoms with Crippen molar-refractivity contribution in [2.45, 2.75) is 26.3 Å². The third-order valence-electron chi connectivity index (χ3n) is 5.18. The van der Waals surface area contributed by atoms with Gasteiger partial charge in [0.1, 0.15) is 10.6 Å². The van der Waals surface area contributed by atoms with Crippen molar-refractivity contribution in [1.82, 2.24) is 10.2 Å². The molecule has 1 amide bonds. The molecule has 1 atom stereocenters. The zero-order chi connectivity index (χ0) is 20.1. The van der Waals surface area contributed by atoms with Crippen molar-refractivity contribution in [3.8, 4) is 0 Å². The molecule has 0 spiro atoms. The van der Waals surface area contributed by atoms with Gasteiger partial charge >= 0.3 is 0 Å². The van der Waals surface area contributed by atoms with Crippen molar-refractivity contribution in [2.75, 3.05) is 4.90 Å². The highest BCUT2D eigenvalue weighted by Crippen LogP contribution is 2.41. The van der Waals surface area contributed by atoms with Crippen LogP contribution in [0.5, 0.6) is 0 Å². The van der Waals surface area contributed by atoms with Gasteiger partial charge in [0.15, 0.2) is 5.43 Å². The lowest BCUT2D eigenvalue weighted by Gasteiger charge is -2.21. The number of carbonyl (C=O) groups is 1. The van der Waals surface area contributed by atoms with Crippen LogP contribution in [-0.2, 0) is 6.42 Å². The predicted molar refractivity (Wildman–Crippen MR) is 112 cm³/mol. The summed E-state index contributed by atoms with van der Waals surface area (Å²) in [5.74, 6) is -0.294. The molecule has 2 aromatic heterocycles. The van der Waals surface area contributed by atoms with E-state index in [9.17, 15) is 9.59 Å². The summed E-state index contributed by atoms with van der Waals surface area (Å²) >= 11 is 1.31. The van der Waals surface area contributed by atoms with E-state index in [2.05, 4.69) is 10.2 Å². The number of rotatable bonds is 3. The molecule has 5 rings (SSSR count). The van der Waals surface area contributed by atoms with Gasteiger partial charge in [0, 0.05) is 0 Å². The van der Waals surface area contributed by atoms with Gasteiger partial charge in [-0.1, -0.05) is 54.7 Å². The zero-order valence-electron chi connectivity index (χ0n) is 15.9. The third kappa shape index (κ3) is 2.69. The van der Waals surface area contributed by atoms with E-state index in [0.717, 1.165) is 22.6 Å². The smallest absolute Gasteiger partial charge is 0.297 e. The first-order valence-corrected chi connectivity index (χ1v) is 10.2. The second-order valence-corrected chi connectivity index (χ2v) is 8.11. The molecule has 144 valence electrons. The van der Waals surface area contributed by atoms with Crippen LogP contribution in [0.2, 0.25) is 0 Å². The fourth-order valence-corrected chi connectivity index (χ4v) is 4.49. The number of aromatic nitrogens is 2. The van der Waals surface area contributed by atoms with Crippen LogP contribution in [0.25, 0.3) is 11.0 Å². The Morgan fingerprint density at radius 1 is 1.10 bits per heavy atom. The molecule has 1 unspecified atom stereocenters. The average molecular weight is 403 g/mol. The van der Waals surface area contributed by atoms with Gasteiger partial charge in [-0.25, -0.2) is 0 Å². The van der Waals surface area contributed by atoms with Crippen LogP contribution in [0.4, 0.5) is 5.13 Å². The molecular weight excluding hydrogens is 386 g/mol. The average Bonchev–Trinajstić information content (AvgIpc) is 3.30. The lowest BCUT2D eigenvalue weighted by Crippen LogP contribution is -2.29. The Morgan fingerprint density at radius 3 is 2.59 bits per heavy atom. The van der Waals surface area contributed by atoms with Gasteiger partial charge in [0.2, 0.25) is 10.9 Å². The molecule has 7 heteroatoms. The second kappa shape index (κ2) is 6.63. The maximum atomic E-state index is 13.5. The van der Waals surface area contributed by atoms with Gasteiger partial charge in [0.05, 0.1) is 17.0 Å². The highest BCUT2D eigenvalue weighted by molar-refractivity contribution is 7.15. The normalized spacial score (nSPS) is 15.9. The molecule has 2 aromatic carbocycles. The van der Waals surface area contributed by atoms with Crippen molar-refractivity contribution in [2.24, 2.45) is 0 Å².